The van der Waals surface area contributed by atoms with Gasteiger partial charge in [0.05, 0.1) is 0 Å². The van der Waals surface area contributed by atoms with Crippen molar-refractivity contribution in [2.24, 2.45) is 21.7 Å². The van der Waals surface area contributed by atoms with E-state index in [1.165, 1.54) is 30.9 Å². The summed E-state index contributed by atoms with van der Waals surface area (Å²) in [4.78, 5) is 39.7. The molecule has 3 rings (SSSR count). The number of nitrogens with two attached hydrogens (primary N) is 2. The zero-order valence-electron chi connectivity index (χ0n) is 14.6. The molecular weight excluding hydrogens is 380 g/mol. The van der Waals surface area contributed by atoms with Crippen LogP contribution in [0, 0.1) is 0 Å². The standard InChI is InChI=1S/C15H14N12O2/c16-10(12-18-3-1-4-19-12)24-26-14(28)8-7-9(23-22-8)15(29)27-25-11(17)13-20-5-2-6-21-13/h1-7H,(H2,16,24)(H2,17,25)(H,22,23)(H,26,28)(H,27,29). The van der Waals surface area contributed by atoms with Gasteiger partial charge in [0.2, 0.25) is 0 Å². The van der Waals surface area contributed by atoms with E-state index in [1.807, 2.05) is 0 Å². The monoisotopic (exact) mass is 394 g/mol. The molecule has 3 aromatic heterocycles. The first-order valence-electron chi connectivity index (χ1n) is 7.92. The molecule has 0 aliphatic carbocycles. The summed E-state index contributed by atoms with van der Waals surface area (Å²) in [5.74, 6) is -1.29. The van der Waals surface area contributed by atoms with Gasteiger partial charge >= 0.3 is 0 Å². The van der Waals surface area contributed by atoms with E-state index < -0.39 is 11.8 Å². The Kier molecular flexibility index (Phi) is 5.75. The number of H-pyrrole nitrogens is 1. The molecule has 14 heteroatoms. The van der Waals surface area contributed by atoms with E-state index in [4.69, 9.17) is 11.5 Å². The second-order valence-corrected chi connectivity index (χ2v) is 5.19. The van der Waals surface area contributed by atoms with Crippen molar-refractivity contribution in [2.45, 2.75) is 0 Å². The molecule has 3 heterocycles. The molecule has 0 aliphatic rings. The lowest BCUT2D eigenvalue weighted by atomic mass is 10.3. The van der Waals surface area contributed by atoms with Gasteiger partial charge in [-0.2, -0.15) is 15.3 Å². The molecule has 0 saturated carbocycles. The van der Waals surface area contributed by atoms with Gasteiger partial charge in [-0.1, -0.05) is 0 Å². The van der Waals surface area contributed by atoms with Crippen LogP contribution in [0.25, 0.3) is 0 Å². The molecule has 0 bridgehead atoms. The highest BCUT2D eigenvalue weighted by Crippen LogP contribution is 2.00. The minimum absolute atomic E-state index is 0.0379. The van der Waals surface area contributed by atoms with Crippen LogP contribution >= 0.6 is 0 Å². The molecule has 0 fully saturated rings. The van der Waals surface area contributed by atoms with Crippen LogP contribution in [0.1, 0.15) is 32.6 Å². The van der Waals surface area contributed by atoms with Crippen molar-refractivity contribution in [1.29, 1.82) is 0 Å². The SMILES string of the molecule is N/C(=N\NC(=O)c1cc(C(=O)N/N=C(\N)c2ncccn2)[nH]n1)c1ncccn1. The number of amides is 2. The van der Waals surface area contributed by atoms with Crippen molar-refractivity contribution in [3.8, 4) is 0 Å². The van der Waals surface area contributed by atoms with E-state index >= 15 is 0 Å². The van der Waals surface area contributed by atoms with Gasteiger partial charge in [-0.25, -0.2) is 30.8 Å². The number of carbonyl (C=O) groups is 2. The highest BCUT2D eigenvalue weighted by atomic mass is 16.2. The second kappa shape index (κ2) is 8.76. The summed E-state index contributed by atoms with van der Waals surface area (Å²) in [6, 6.07) is 4.41. The molecule has 2 amide bonds. The van der Waals surface area contributed by atoms with Crippen molar-refractivity contribution in [3.63, 3.8) is 0 Å². The Hall–Kier alpha value is -4.75. The van der Waals surface area contributed by atoms with Crippen LogP contribution in [0.5, 0.6) is 0 Å². The van der Waals surface area contributed by atoms with E-state index in [2.05, 4.69) is 51.2 Å². The molecule has 0 saturated heterocycles. The average Bonchev–Trinajstić information content (AvgIpc) is 3.27. The fourth-order valence-corrected chi connectivity index (χ4v) is 1.86. The van der Waals surface area contributed by atoms with E-state index in [0.29, 0.717) is 0 Å². The molecule has 7 N–H and O–H groups in total. The summed E-state index contributed by atoms with van der Waals surface area (Å²) in [5, 5.41) is 13.5. The molecule has 0 aromatic carbocycles. The van der Waals surface area contributed by atoms with Gasteiger partial charge in [-0.3, -0.25) is 14.7 Å². The van der Waals surface area contributed by atoms with Gasteiger partial charge < -0.3 is 11.5 Å². The van der Waals surface area contributed by atoms with Crippen LogP contribution in [0.4, 0.5) is 0 Å². The summed E-state index contributed by atoms with van der Waals surface area (Å²) in [5.41, 5.74) is 15.6. The van der Waals surface area contributed by atoms with Crippen molar-refractivity contribution >= 4 is 23.5 Å². The lowest BCUT2D eigenvalue weighted by Crippen LogP contribution is -2.26. The van der Waals surface area contributed by atoms with E-state index in [1.54, 1.807) is 12.1 Å². The van der Waals surface area contributed by atoms with Crippen molar-refractivity contribution < 1.29 is 9.59 Å². The zero-order chi connectivity index (χ0) is 20.6. The first kappa shape index (κ1) is 19.0. The Bertz CT molecular complexity index is 977. The number of hydrogen-bond donors (Lipinski definition) is 5. The van der Waals surface area contributed by atoms with Crippen LogP contribution in [-0.4, -0.2) is 53.6 Å². The smallest absolute Gasteiger partial charge is 0.291 e. The Morgan fingerprint density at radius 1 is 0.828 bits per heavy atom. The number of hydrazone groups is 2. The number of aromatic amines is 1. The van der Waals surface area contributed by atoms with Gasteiger partial charge in [-0.15, -0.1) is 0 Å². The second-order valence-electron chi connectivity index (χ2n) is 5.19. The zero-order valence-corrected chi connectivity index (χ0v) is 14.6. The third kappa shape index (κ3) is 4.91. The molecule has 0 spiro atoms. The topological polar surface area (TPSA) is 215 Å². The number of hydrogen-bond acceptors (Lipinski definition) is 9. The number of aromatic nitrogens is 6. The maximum atomic E-state index is 12.1. The van der Waals surface area contributed by atoms with Crippen molar-refractivity contribution in [3.05, 3.63) is 66.0 Å². The van der Waals surface area contributed by atoms with Crippen LogP contribution in [0.15, 0.2) is 53.2 Å². The lowest BCUT2D eigenvalue weighted by molar-refractivity contribution is 0.0944. The molecule has 29 heavy (non-hydrogen) atoms. The predicted octanol–water partition coefficient (Wildman–Crippen LogP) is -1.91. The third-order valence-electron chi connectivity index (χ3n) is 3.20. The summed E-state index contributed by atoms with van der Waals surface area (Å²) in [6.45, 7) is 0. The van der Waals surface area contributed by atoms with Gasteiger partial charge in [-0.05, 0) is 12.1 Å². The molecular formula is C15H14N12O2. The Labute approximate surface area is 162 Å². The highest BCUT2D eigenvalue weighted by molar-refractivity contribution is 6.00. The maximum Gasteiger partial charge on any atom is 0.291 e. The number of rotatable bonds is 6. The quantitative estimate of drug-likeness (QED) is 0.179. The van der Waals surface area contributed by atoms with Gasteiger partial charge in [0.1, 0.15) is 5.69 Å². The summed E-state index contributed by atoms with van der Waals surface area (Å²) in [7, 11) is 0. The van der Waals surface area contributed by atoms with Gasteiger partial charge in [0.15, 0.2) is 29.0 Å². The molecule has 0 radical (unpaired) electrons. The third-order valence-corrected chi connectivity index (χ3v) is 3.20. The van der Waals surface area contributed by atoms with Crippen LogP contribution < -0.4 is 22.3 Å². The number of nitrogens with zero attached hydrogens (tertiary/aromatic N) is 7. The Morgan fingerprint density at radius 2 is 1.31 bits per heavy atom. The number of carbonyl (C=O) groups excluding carboxylic acids is 2. The normalized spacial score (nSPS) is 11.7. The highest BCUT2D eigenvalue weighted by Gasteiger charge is 2.15. The minimum Gasteiger partial charge on any atom is -0.379 e. The largest absolute Gasteiger partial charge is 0.379 e. The first-order valence-corrected chi connectivity index (χ1v) is 7.92. The molecule has 14 nitrogen and oxygen atoms in total. The average molecular weight is 394 g/mol. The summed E-state index contributed by atoms with van der Waals surface area (Å²) < 4.78 is 0. The van der Waals surface area contributed by atoms with Crippen molar-refractivity contribution in [1.82, 2.24) is 41.0 Å². The Balaban J connectivity index is 1.61. The van der Waals surface area contributed by atoms with E-state index in [9.17, 15) is 9.59 Å². The molecule has 0 unspecified atom stereocenters. The maximum absolute atomic E-state index is 12.1. The van der Waals surface area contributed by atoms with Crippen LogP contribution in [-0.2, 0) is 0 Å². The first-order chi connectivity index (χ1) is 14.0. The molecule has 0 aliphatic heterocycles. The Morgan fingerprint density at radius 3 is 1.83 bits per heavy atom. The van der Waals surface area contributed by atoms with Crippen molar-refractivity contribution in [2.75, 3.05) is 0 Å². The predicted molar refractivity (Wildman–Crippen MR) is 99.0 cm³/mol. The minimum atomic E-state index is -0.708. The molecule has 146 valence electrons. The van der Waals surface area contributed by atoms with E-state index in [0.717, 1.165) is 0 Å². The number of nitrogens with one attached hydrogen (secondary N) is 3. The summed E-state index contributed by atoms with van der Waals surface area (Å²) in [6.07, 6.45) is 5.91. The van der Waals surface area contributed by atoms with Gasteiger partial charge in [0.25, 0.3) is 11.8 Å². The van der Waals surface area contributed by atoms with Crippen LogP contribution in [0.2, 0.25) is 0 Å². The number of amidine groups is 2. The summed E-state index contributed by atoms with van der Waals surface area (Å²) >= 11 is 0. The fraction of sp³-hybridized carbons (Fsp3) is 0. The van der Waals surface area contributed by atoms with Crippen LogP contribution in [0.3, 0.4) is 0 Å². The fourth-order valence-electron chi connectivity index (χ4n) is 1.86. The van der Waals surface area contributed by atoms with Gasteiger partial charge in [0, 0.05) is 30.9 Å². The van der Waals surface area contributed by atoms with E-state index in [-0.39, 0.29) is 34.7 Å². The molecule has 0 atom stereocenters. The lowest BCUT2D eigenvalue weighted by Gasteiger charge is -1.99. The molecule has 3 aromatic rings.